The predicted molar refractivity (Wildman–Crippen MR) is 126 cm³/mol. The Kier molecular flexibility index (Phi) is 7.76. The topological polar surface area (TPSA) is 72.2 Å². The Morgan fingerprint density at radius 2 is 2.03 bits per heavy atom. The van der Waals surface area contributed by atoms with Gasteiger partial charge in [-0.2, -0.15) is 0 Å². The Labute approximate surface area is 187 Å². The van der Waals surface area contributed by atoms with E-state index in [0.717, 1.165) is 49.0 Å². The number of methoxy groups -OCH3 is 1. The zero-order valence-corrected chi connectivity index (χ0v) is 20.5. The molecule has 1 aliphatic heterocycles. The molecule has 0 radical (unpaired) electrons. The van der Waals surface area contributed by atoms with Gasteiger partial charge in [0.25, 0.3) is 0 Å². The van der Waals surface area contributed by atoms with Crippen molar-refractivity contribution in [3.63, 3.8) is 0 Å². The summed E-state index contributed by atoms with van der Waals surface area (Å²) in [6.45, 7) is 12.1. The number of aryl methyl sites for hydroxylation is 1. The molecule has 3 heterocycles. The van der Waals surface area contributed by atoms with Crippen LogP contribution in [0.2, 0.25) is 0 Å². The van der Waals surface area contributed by atoms with Gasteiger partial charge in [-0.25, -0.2) is 4.98 Å². The quantitative estimate of drug-likeness (QED) is 0.685. The largest absolute Gasteiger partial charge is 0.395 e. The number of aliphatic hydroxyl groups excluding tert-OH is 1. The molecule has 3 atom stereocenters. The van der Waals surface area contributed by atoms with Crippen molar-refractivity contribution in [2.45, 2.75) is 84.2 Å². The van der Waals surface area contributed by atoms with Crippen LogP contribution < -0.4 is 5.32 Å². The van der Waals surface area contributed by atoms with Crippen molar-refractivity contribution in [1.82, 2.24) is 19.9 Å². The molecule has 2 aromatic heterocycles. The molecule has 2 N–H and O–H groups in total. The lowest BCUT2D eigenvalue weighted by Gasteiger charge is -2.28. The van der Waals surface area contributed by atoms with E-state index in [1.807, 2.05) is 6.20 Å². The lowest BCUT2D eigenvalue weighted by atomic mass is 9.88. The first kappa shape index (κ1) is 24.1. The number of aliphatic hydroxyl groups is 1. The van der Waals surface area contributed by atoms with Crippen molar-refractivity contribution in [3.05, 3.63) is 23.1 Å². The van der Waals surface area contributed by atoms with E-state index in [2.05, 4.69) is 51.6 Å². The SMILES string of the molecule is COCCc1c(C(C)(C)C)n(C)c2nc(C3CCC[C@@H](CC(C)C)[C@H](CO)N3)cnc12. The van der Waals surface area contributed by atoms with E-state index < -0.39 is 0 Å². The highest BCUT2D eigenvalue weighted by molar-refractivity contribution is 5.78. The maximum absolute atomic E-state index is 10.1. The summed E-state index contributed by atoms with van der Waals surface area (Å²) in [5.74, 6) is 1.15. The number of hydrogen-bond donors (Lipinski definition) is 2. The van der Waals surface area contributed by atoms with E-state index in [1.165, 1.54) is 11.3 Å². The molecule has 0 amide bonds. The van der Waals surface area contributed by atoms with Gasteiger partial charge in [0, 0.05) is 36.9 Å². The van der Waals surface area contributed by atoms with Gasteiger partial charge in [0.05, 0.1) is 31.1 Å². The molecule has 0 saturated carbocycles. The highest BCUT2D eigenvalue weighted by atomic mass is 16.5. The average molecular weight is 431 g/mol. The molecule has 31 heavy (non-hydrogen) atoms. The zero-order chi connectivity index (χ0) is 22.8. The number of ether oxygens (including phenoxy) is 1. The third-order valence-corrected chi connectivity index (χ3v) is 6.64. The van der Waals surface area contributed by atoms with Crippen LogP contribution in [-0.4, -0.2) is 46.0 Å². The first-order chi connectivity index (χ1) is 14.7. The maximum atomic E-state index is 10.1. The molecule has 1 fully saturated rings. The van der Waals surface area contributed by atoms with Crippen molar-refractivity contribution in [1.29, 1.82) is 0 Å². The van der Waals surface area contributed by atoms with Crippen LogP contribution in [0, 0.1) is 11.8 Å². The summed E-state index contributed by atoms with van der Waals surface area (Å²) in [6.07, 6.45) is 7.25. The predicted octanol–water partition coefficient (Wildman–Crippen LogP) is 4.29. The molecule has 174 valence electrons. The molecule has 1 aliphatic rings. The number of rotatable bonds is 7. The van der Waals surface area contributed by atoms with Gasteiger partial charge in [0.1, 0.15) is 5.52 Å². The summed E-state index contributed by atoms with van der Waals surface area (Å²) in [5.41, 5.74) is 5.42. The van der Waals surface area contributed by atoms with E-state index in [0.29, 0.717) is 18.4 Å². The van der Waals surface area contributed by atoms with Crippen LogP contribution in [0.15, 0.2) is 6.20 Å². The van der Waals surface area contributed by atoms with Crippen molar-refractivity contribution in [2.75, 3.05) is 20.3 Å². The standard InChI is InChI=1S/C25H42N4O2/c1-16(2)13-17-9-8-10-19(27-21(17)15-30)20-14-26-22-18(11-12-31-7)23(25(3,4)5)29(6)24(22)28-20/h14,16-17,19,21,27,30H,8-13,15H2,1-7H3/t17-,19?,21-/m0/s1. The van der Waals surface area contributed by atoms with Crippen LogP contribution in [0.3, 0.4) is 0 Å². The van der Waals surface area contributed by atoms with Gasteiger partial charge in [-0.15, -0.1) is 0 Å². The average Bonchev–Trinajstić information content (AvgIpc) is 2.84. The summed E-state index contributed by atoms with van der Waals surface area (Å²) in [7, 11) is 3.85. The fraction of sp³-hybridized carbons (Fsp3) is 0.760. The second-order valence-corrected chi connectivity index (χ2v) is 10.7. The minimum Gasteiger partial charge on any atom is -0.395 e. The van der Waals surface area contributed by atoms with Crippen LogP contribution in [0.1, 0.15) is 83.3 Å². The van der Waals surface area contributed by atoms with Gasteiger partial charge in [-0.1, -0.05) is 41.0 Å². The third-order valence-electron chi connectivity index (χ3n) is 6.64. The number of fused-ring (bicyclic) bond motifs is 1. The van der Waals surface area contributed by atoms with Gasteiger partial charge in [-0.05, 0) is 37.5 Å². The molecular weight excluding hydrogens is 388 g/mol. The Balaban J connectivity index is 1.97. The smallest absolute Gasteiger partial charge is 0.159 e. The van der Waals surface area contributed by atoms with Crippen LogP contribution in [0.5, 0.6) is 0 Å². The van der Waals surface area contributed by atoms with Gasteiger partial charge in [0.2, 0.25) is 0 Å². The van der Waals surface area contributed by atoms with Crippen molar-refractivity contribution in [2.24, 2.45) is 18.9 Å². The second-order valence-electron chi connectivity index (χ2n) is 10.7. The molecule has 1 saturated heterocycles. The molecular formula is C25H42N4O2. The van der Waals surface area contributed by atoms with Gasteiger partial charge in [-0.3, -0.25) is 4.98 Å². The van der Waals surface area contributed by atoms with Crippen LogP contribution in [0.25, 0.3) is 11.2 Å². The Morgan fingerprint density at radius 1 is 1.29 bits per heavy atom. The summed E-state index contributed by atoms with van der Waals surface area (Å²) < 4.78 is 7.60. The summed E-state index contributed by atoms with van der Waals surface area (Å²) in [6, 6.07) is 0.241. The molecule has 0 spiro atoms. The van der Waals surface area contributed by atoms with Crippen molar-refractivity contribution < 1.29 is 9.84 Å². The molecule has 6 heteroatoms. The van der Waals surface area contributed by atoms with E-state index in [9.17, 15) is 5.11 Å². The van der Waals surface area contributed by atoms with Crippen molar-refractivity contribution >= 4 is 11.2 Å². The van der Waals surface area contributed by atoms with E-state index in [1.54, 1.807) is 7.11 Å². The molecule has 0 aromatic carbocycles. The Bertz CT molecular complexity index is 869. The summed E-state index contributed by atoms with van der Waals surface area (Å²) in [4.78, 5) is 10.0. The number of hydrogen-bond acceptors (Lipinski definition) is 5. The second kappa shape index (κ2) is 9.97. The number of nitrogens with zero attached hydrogens (tertiary/aromatic N) is 3. The number of nitrogens with one attached hydrogen (secondary N) is 1. The van der Waals surface area contributed by atoms with E-state index >= 15 is 0 Å². The molecule has 1 unspecified atom stereocenters. The lowest BCUT2D eigenvalue weighted by Crippen LogP contribution is -2.40. The van der Waals surface area contributed by atoms with Gasteiger partial charge < -0.3 is 19.7 Å². The minimum absolute atomic E-state index is 0.00696. The lowest BCUT2D eigenvalue weighted by molar-refractivity contribution is 0.178. The van der Waals surface area contributed by atoms with E-state index in [-0.39, 0.29) is 24.1 Å². The van der Waals surface area contributed by atoms with Crippen LogP contribution >= 0.6 is 0 Å². The molecule has 0 bridgehead atoms. The first-order valence-electron chi connectivity index (χ1n) is 11.9. The summed E-state index contributed by atoms with van der Waals surface area (Å²) in [5, 5.41) is 13.8. The van der Waals surface area contributed by atoms with E-state index in [4.69, 9.17) is 14.7 Å². The van der Waals surface area contributed by atoms with Crippen LogP contribution in [0.4, 0.5) is 0 Å². The monoisotopic (exact) mass is 430 g/mol. The molecule has 3 rings (SSSR count). The highest BCUT2D eigenvalue weighted by Crippen LogP contribution is 2.35. The zero-order valence-electron chi connectivity index (χ0n) is 20.5. The fourth-order valence-corrected chi connectivity index (χ4v) is 5.41. The third kappa shape index (κ3) is 5.29. The minimum atomic E-state index is -0.00696. The highest BCUT2D eigenvalue weighted by Gasteiger charge is 2.31. The molecule has 6 nitrogen and oxygen atoms in total. The number of aromatic nitrogens is 3. The molecule has 0 aliphatic carbocycles. The maximum Gasteiger partial charge on any atom is 0.159 e. The summed E-state index contributed by atoms with van der Waals surface area (Å²) >= 11 is 0. The molecule has 2 aromatic rings. The first-order valence-corrected chi connectivity index (χ1v) is 11.9. The van der Waals surface area contributed by atoms with Gasteiger partial charge in [0.15, 0.2) is 5.65 Å². The van der Waals surface area contributed by atoms with Crippen molar-refractivity contribution in [3.8, 4) is 0 Å². The van der Waals surface area contributed by atoms with Crippen LogP contribution in [-0.2, 0) is 23.6 Å². The fourth-order valence-electron chi connectivity index (χ4n) is 5.41. The van der Waals surface area contributed by atoms with Gasteiger partial charge >= 0.3 is 0 Å². The Morgan fingerprint density at radius 3 is 2.65 bits per heavy atom. The normalized spacial score (nSPS) is 22.9. The Hall–Kier alpha value is -1.50.